The van der Waals surface area contributed by atoms with Gasteiger partial charge in [0.05, 0.1) is 12.8 Å². The van der Waals surface area contributed by atoms with Crippen LogP contribution in [0.25, 0.3) is 0 Å². The second-order valence-corrected chi connectivity index (χ2v) is 7.10. The van der Waals surface area contributed by atoms with Crippen molar-refractivity contribution in [3.05, 3.63) is 70.8 Å². The lowest BCUT2D eigenvalue weighted by Gasteiger charge is -2.23. The topological polar surface area (TPSA) is 126 Å². The van der Waals surface area contributed by atoms with Crippen molar-refractivity contribution in [3.63, 3.8) is 0 Å². The van der Waals surface area contributed by atoms with E-state index in [4.69, 9.17) is 11.5 Å². The number of nitrogens with zero attached hydrogens (tertiary/aromatic N) is 1. The highest BCUT2D eigenvalue weighted by atomic mass is 19.1. The minimum Gasteiger partial charge on any atom is -0.394 e. The van der Waals surface area contributed by atoms with Gasteiger partial charge in [-0.3, -0.25) is 4.79 Å². The number of aliphatic hydroxyl groups is 1. The van der Waals surface area contributed by atoms with Crippen molar-refractivity contribution in [3.8, 4) is 0 Å². The molecule has 7 nitrogen and oxygen atoms in total. The number of hydrogen-bond acceptors (Lipinski definition) is 4. The van der Waals surface area contributed by atoms with E-state index < -0.39 is 30.0 Å². The molecule has 0 saturated carbocycles. The molecule has 0 bridgehead atoms. The van der Waals surface area contributed by atoms with Crippen LogP contribution in [0.2, 0.25) is 0 Å². The zero-order valence-corrected chi connectivity index (χ0v) is 16.9. The molecule has 2 aromatic rings. The molecular weight excluding hydrogens is 392 g/mol. The van der Waals surface area contributed by atoms with Crippen LogP contribution in [-0.4, -0.2) is 35.8 Å². The van der Waals surface area contributed by atoms with E-state index in [2.05, 4.69) is 15.6 Å². The van der Waals surface area contributed by atoms with E-state index in [1.807, 2.05) is 0 Å². The molecule has 0 aliphatic carbocycles. The fourth-order valence-electron chi connectivity index (χ4n) is 2.68. The highest BCUT2D eigenvalue weighted by Gasteiger charge is 2.16. The van der Waals surface area contributed by atoms with Crippen molar-refractivity contribution in [2.45, 2.75) is 38.5 Å². The molecule has 9 heteroatoms. The third-order valence-corrected chi connectivity index (χ3v) is 4.40. The molecule has 7 N–H and O–H groups in total. The minimum absolute atomic E-state index is 0.0577. The second-order valence-electron chi connectivity index (χ2n) is 7.10. The zero-order chi connectivity index (χ0) is 22.3. The Morgan fingerprint density at radius 1 is 1.13 bits per heavy atom. The van der Waals surface area contributed by atoms with Crippen molar-refractivity contribution in [1.29, 1.82) is 0 Å². The summed E-state index contributed by atoms with van der Waals surface area (Å²) >= 11 is 0. The van der Waals surface area contributed by atoms with Gasteiger partial charge in [-0.05, 0) is 61.7 Å². The number of hydrogen-bond donors (Lipinski definition) is 5. The standard InChI is InChI=1S/C21H27F2N5O2/c1-12-9-15(5-8-17(12)23)20(30)28-21(26-13(2)11-29)27-19(25)10-18(24)14-3-6-16(22)7-4-14/h3-9,13,18-19,29H,10-11,24-25H2,1-2H3,(H2,26,27,28,30)/t13-,18?,19?/m0/s1. The SMILES string of the molecule is Cc1cc(C(=O)/N=C(\NC(N)CC(N)c2ccc(F)cc2)N[C@@H](C)CO)ccc1F. The summed E-state index contributed by atoms with van der Waals surface area (Å²) in [4.78, 5) is 16.5. The average Bonchev–Trinajstić information content (AvgIpc) is 2.70. The average molecular weight is 419 g/mol. The molecule has 2 rings (SSSR count). The predicted octanol–water partition coefficient (Wildman–Crippen LogP) is 1.70. The maximum absolute atomic E-state index is 13.4. The van der Waals surface area contributed by atoms with E-state index in [0.717, 1.165) is 0 Å². The molecular formula is C21H27F2N5O2. The first kappa shape index (κ1) is 23.4. The van der Waals surface area contributed by atoms with Crippen LogP contribution >= 0.6 is 0 Å². The zero-order valence-electron chi connectivity index (χ0n) is 16.9. The summed E-state index contributed by atoms with van der Waals surface area (Å²) in [5, 5.41) is 15.0. The molecule has 30 heavy (non-hydrogen) atoms. The molecule has 0 aromatic heterocycles. The molecule has 0 heterocycles. The number of aliphatic hydroxyl groups excluding tert-OH is 1. The van der Waals surface area contributed by atoms with Crippen LogP contribution in [-0.2, 0) is 0 Å². The molecule has 0 fully saturated rings. The Morgan fingerprint density at radius 2 is 1.80 bits per heavy atom. The number of rotatable bonds is 7. The number of halogens is 2. The monoisotopic (exact) mass is 419 g/mol. The van der Waals surface area contributed by atoms with Gasteiger partial charge in [-0.2, -0.15) is 4.99 Å². The van der Waals surface area contributed by atoms with Gasteiger partial charge in [0.1, 0.15) is 11.6 Å². The first-order chi connectivity index (χ1) is 14.2. The van der Waals surface area contributed by atoms with Gasteiger partial charge in [0.2, 0.25) is 5.96 Å². The van der Waals surface area contributed by atoms with Crippen molar-refractivity contribution in [1.82, 2.24) is 10.6 Å². The minimum atomic E-state index is -0.690. The number of aryl methyl sites for hydroxylation is 1. The van der Waals surface area contributed by atoms with E-state index in [1.54, 1.807) is 26.0 Å². The van der Waals surface area contributed by atoms with Gasteiger partial charge >= 0.3 is 0 Å². The number of guanidine groups is 1. The summed E-state index contributed by atoms with van der Waals surface area (Å²) in [6, 6.07) is 8.84. The van der Waals surface area contributed by atoms with E-state index in [1.165, 1.54) is 30.3 Å². The summed E-state index contributed by atoms with van der Waals surface area (Å²) in [6.07, 6.45) is -0.422. The van der Waals surface area contributed by atoms with Gasteiger partial charge in [0.15, 0.2) is 0 Å². The van der Waals surface area contributed by atoms with Crippen LogP contribution in [0.3, 0.4) is 0 Å². The highest BCUT2D eigenvalue weighted by molar-refractivity contribution is 6.02. The van der Waals surface area contributed by atoms with E-state index in [0.29, 0.717) is 11.1 Å². The van der Waals surface area contributed by atoms with Crippen LogP contribution in [0.5, 0.6) is 0 Å². The summed E-state index contributed by atoms with van der Waals surface area (Å²) in [6.45, 7) is 3.04. The molecule has 0 spiro atoms. The highest BCUT2D eigenvalue weighted by Crippen LogP contribution is 2.15. The van der Waals surface area contributed by atoms with Crippen LogP contribution in [0.1, 0.15) is 40.9 Å². The first-order valence-corrected chi connectivity index (χ1v) is 9.49. The van der Waals surface area contributed by atoms with Gasteiger partial charge in [0, 0.05) is 17.6 Å². The number of carbonyl (C=O) groups is 1. The Bertz CT molecular complexity index is 889. The smallest absolute Gasteiger partial charge is 0.280 e. The van der Waals surface area contributed by atoms with Crippen LogP contribution in [0.4, 0.5) is 8.78 Å². The van der Waals surface area contributed by atoms with E-state index in [-0.39, 0.29) is 30.4 Å². The lowest BCUT2D eigenvalue weighted by Crippen LogP contribution is -2.51. The van der Waals surface area contributed by atoms with Gasteiger partial charge in [0.25, 0.3) is 5.91 Å². The molecule has 0 saturated heterocycles. The molecule has 2 aromatic carbocycles. The molecule has 0 radical (unpaired) electrons. The van der Waals surface area contributed by atoms with Crippen molar-refractivity contribution < 1.29 is 18.7 Å². The molecule has 3 atom stereocenters. The Kier molecular flexibility index (Phi) is 8.40. The Balaban J connectivity index is 2.12. The number of aliphatic imine (C=N–C) groups is 1. The summed E-state index contributed by atoms with van der Waals surface area (Å²) in [5.41, 5.74) is 13.5. The largest absolute Gasteiger partial charge is 0.394 e. The summed E-state index contributed by atoms with van der Waals surface area (Å²) < 4.78 is 26.5. The molecule has 0 aliphatic rings. The predicted molar refractivity (Wildman–Crippen MR) is 112 cm³/mol. The van der Waals surface area contributed by atoms with Crippen molar-refractivity contribution >= 4 is 11.9 Å². The number of nitrogens with two attached hydrogens (primary N) is 2. The van der Waals surface area contributed by atoms with Gasteiger partial charge in [-0.1, -0.05) is 12.1 Å². The maximum Gasteiger partial charge on any atom is 0.280 e. The van der Waals surface area contributed by atoms with Gasteiger partial charge in [-0.25, -0.2) is 8.78 Å². The van der Waals surface area contributed by atoms with Crippen molar-refractivity contribution in [2.75, 3.05) is 6.61 Å². The van der Waals surface area contributed by atoms with Gasteiger partial charge < -0.3 is 27.2 Å². The number of benzene rings is 2. The van der Waals surface area contributed by atoms with Crippen LogP contribution in [0, 0.1) is 18.6 Å². The van der Waals surface area contributed by atoms with E-state index >= 15 is 0 Å². The number of nitrogens with one attached hydrogen (secondary N) is 2. The summed E-state index contributed by atoms with van der Waals surface area (Å²) in [5.74, 6) is -1.33. The molecule has 0 aliphatic heterocycles. The number of carbonyl (C=O) groups excluding carboxylic acids is 1. The lowest BCUT2D eigenvalue weighted by molar-refractivity contribution is 0.100. The number of amides is 1. The van der Waals surface area contributed by atoms with Crippen molar-refractivity contribution in [2.24, 2.45) is 16.5 Å². The van der Waals surface area contributed by atoms with Gasteiger partial charge in [-0.15, -0.1) is 0 Å². The Morgan fingerprint density at radius 3 is 2.40 bits per heavy atom. The second kappa shape index (κ2) is 10.8. The Labute approximate surface area is 174 Å². The molecule has 1 amide bonds. The molecule has 2 unspecified atom stereocenters. The van der Waals surface area contributed by atoms with Crippen LogP contribution < -0.4 is 22.1 Å². The van der Waals surface area contributed by atoms with E-state index in [9.17, 15) is 18.7 Å². The first-order valence-electron chi connectivity index (χ1n) is 9.49. The quantitative estimate of drug-likeness (QED) is 0.264. The Hall–Kier alpha value is -2.88. The normalized spacial score (nSPS) is 14.7. The molecule has 162 valence electrons. The summed E-state index contributed by atoms with van der Waals surface area (Å²) in [7, 11) is 0. The van der Waals surface area contributed by atoms with Crippen LogP contribution in [0.15, 0.2) is 47.5 Å². The third kappa shape index (κ3) is 6.87. The third-order valence-electron chi connectivity index (χ3n) is 4.40. The fourth-order valence-corrected chi connectivity index (χ4v) is 2.68. The maximum atomic E-state index is 13.4. The fraction of sp³-hybridized carbons (Fsp3) is 0.333. The lowest BCUT2D eigenvalue weighted by atomic mass is 10.0.